The van der Waals surface area contributed by atoms with Crippen molar-refractivity contribution in [2.24, 2.45) is 0 Å². The SMILES string of the molecule is C=CCNC(=O)[C@H](C)OC(=O)/C(C#N)=C/c1ccc(OCC)cc1. The number of nitriles is 1. The highest BCUT2D eigenvalue weighted by molar-refractivity contribution is 5.99. The van der Waals surface area contributed by atoms with Gasteiger partial charge in [0.05, 0.1) is 6.61 Å². The minimum absolute atomic E-state index is 0.192. The van der Waals surface area contributed by atoms with E-state index in [0.29, 0.717) is 17.9 Å². The Balaban J connectivity index is 2.77. The van der Waals surface area contributed by atoms with Gasteiger partial charge in [0.25, 0.3) is 5.91 Å². The molecule has 0 saturated carbocycles. The summed E-state index contributed by atoms with van der Waals surface area (Å²) in [6.07, 6.45) is 1.90. The second-order valence-electron chi connectivity index (χ2n) is 4.75. The summed E-state index contributed by atoms with van der Waals surface area (Å²) in [5.74, 6) is -0.613. The van der Waals surface area contributed by atoms with Crippen LogP contribution in [0.25, 0.3) is 6.08 Å². The van der Waals surface area contributed by atoms with Gasteiger partial charge in [-0.25, -0.2) is 4.79 Å². The first-order chi connectivity index (χ1) is 11.5. The first-order valence-corrected chi connectivity index (χ1v) is 7.46. The van der Waals surface area contributed by atoms with Crippen molar-refractivity contribution in [3.63, 3.8) is 0 Å². The fraction of sp³-hybridized carbons (Fsp3) is 0.278. The zero-order valence-electron chi connectivity index (χ0n) is 13.7. The van der Waals surface area contributed by atoms with Crippen LogP contribution >= 0.6 is 0 Å². The van der Waals surface area contributed by atoms with Crippen molar-refractivity contribution in [3.8, 4) is 11.8 Å². The monoisotopic (exact) mass is 328 g/mol. The van der Waals surface area contributed by atoms with Crippen LogP contribution < -0.4 is 10.1 Å². The van der Waals surface area contributed by atoms with Gasteiger partial charge in [-0.05, 0) is 37.6 Å². The Morgan fingerprint density at radius 2 is 2.04 bits per heavy atom. The van der Waals surface area contributed by atoms with Gasteiger partial charge in [0.15, 0.2) is 6.10 Å². The van der Waals surface area contributed by atoms with E-state index in [9.17, 15) is 9.59 Å². The molecule has 6 nitrogen and oxygen atoms in total. The number of nitrogens with zero attached hydrogens (tertiary/aromatic N) is 1. The molecule has 0 saturated heterocycles. The van der Waals surface area contributed by atoms with Crippen LogP contribution in [-0.2, 0) is 14.3 Å². The van der Waals surface area contributed by atoms with E-state index in [1.807, 2.05) is 6.92 Å². The molecule has 6 heteroatoms. The standard InChI is InChI=1S/C18H20N2O4/c1-4-10-20-17(21)13(3)24-18(22)15(12-19)11-14-6-8-16(9-7-14)23-5-2/h4,6-9,11,13H,1,5,10H2,2-3H3,(H,20,21)/b15-11+/t13-/m0/s1. The summed E-state index contributed by atoms with van der Waals surface area (Å²) in [6, 6.07) is 8.70. The van der Waals surface area contributed by atoms with E-state index in [0.717, 1.165) is 0 Å². The van der Waals surface area contributed by atoms with Gasteiger partial charge in [-0.3, -0.25) is 4.79 Å². The predicted octanol–water partition coefficient (Wildman–Crippen LogP) is 2.23. The lowest BCUT2D eigenvalue weighted by atomic mass is 10.1. The zero-order chi connectivity index (χ0) is 17.9. The number of ether oxygens (including phenoxy) is 2. The number of benzene rings is 1. The molecule has 0 unspecified atom stereocenters. The third-order valence-electron chi connectivity index (χ3n) is 2.92. The fourth-order valence-corrected chi connectivity index (χ4v) is 1.72. The number of carbonyl (C=O) groups is 2. The van der Waals surface area contributed by atoms with E-state index in [1.54, 1.807) is 30.3 Å². The highest BCUT2D eigenvalue weighted by Gasteiger charge is 2.19. The summed E-state index contributed by atoms with van der Waals surface area (Å²) in [5.41, 5.74) is 0.457. The van der Waals surface area contributed by atoms with Crippen molar-refractivity contribution in [2.45, 2.75) is 20.0 Å². The minimum atomic E-state index is -1.01. The topological polar surface area (TPSA) is 88.4 Å². The van der Waals surface area contributed by atoms with Gasteiger partial charge in [0.2, 0.25) is 0 Å². The van der Waals surface area contributed by atoms with Gasteiger partial charge in [0.1, 0.15) is 17.4 Å². The third-order valence-corrected chi connectivity index (χ3v) is 2.92. The Kier molecular flexibility index (Phi) is 7.79. The van der Waals surface area contributed by atoms with Crippen molar-refractivity contribution in [1.29, 1.82) is 5.26 Å². The van der Waals surface area contributed by atoms with E-state index in [2.05, 4.69) is 11.9 Å². The minimum Gasteiger partial charge on any atom is -0.494 e. The lowest BCUT2D eigenvalue weighted by molar-refractivity contribution is -0.150. The van der Waals surface area contributed by atoms with Crippen LogP contribution in [0, 0.1) is 11.3 Å². The summed E-state index contributed by atoms with van der Waals surface area (Å²) in [5, 5.41) is 11.6. The average molecular weight is 328 g/mol. The molecule has 126 valence electrons. The van der Waals surface area contributed by atoms with Crippen LogP contribution in [0.2, 0.25) is 0 Å². The Bertz CT molecular complexity index is 657. The third kappa shape index (κ3) is 5.97. The van der Waals surface area contributed by atoms with Gasteiger partial charge in [0, 0.05) is 6.54 Å². The largest absolute Gasteiger partial charge is 0.494 e. The van der Waals surface area contributed by atoms with Crippen LogP contribution in [0.4, 0.5) is 0 Å². The highest BCUT2D eigenvalue weighted by atomic mass is 16.5. The molecule has 0 radical (unpaired) electrons. The van der Waals surface area contributed by atoms with Crippen LogP contribution in [0.3, 0.4) is 0 Å². The summed E-state index contributed by atoms with van der Waals surface area (Å²) in [4.78, 5) is 23.7. The number of hydrogen-bond donors (Lipinski definition) is 1. The molecule has 1 aromatic rings. The van der Waals surface area contributed by atoms with E-state index in [-0.39, 0.29) is 12.1 Å². The molecule has 1 N–H and O–H groups in total. The number of nitrogens with one attached hydrogen (secondary N) is 1. The van der Waals surface area contributed by atoms with Crippen LogP contribution in [0.1, 0.15) is 19.4 Å². The highest BCUT2D eigenvalue weighted by Crippen LogP contribution is 2.15. The number of esters is 1. The van der Waals surface area contributed by atoms with Crippen molar-refractivity contribution in [3.05, 3.63) is 48.1 Å². The molecule has 24 heavy (non-hydrogen) atoms. The molecule has 1 rings (SSSR count). The molecule has 0 spiro atoms. The predicted molar refractivity (Wildman–Crippen MR) is 90.0 cm³/mol. The molecule has 0 bridgehead atoms. The Morgan fingerprint density at radius 3 is 2.58 bits per heavy atom. The Morgan fingerprint density at radius 1 is 1.38 bits per heavy atom. The fourth-order valence-electron chi connectivity index (χ4n) is 1.72. The maximum atomic E-state index is 12.0. The van der Waals surface area contributed by atoms with Gasteiger partial charge in [-0.1, -0.05) is 18.2 Å². The molecule has 0 heterocycles. The molecule has 0 aliphatic heterocycles. The molecule has 0 fully saturated rings. The molecule has 1 amide bonds. The van der Waals surface area contributed by atoms with Gasteiger partial charge < -0.3 is 14.8 Å². The zero-order valence-corrected chi connectivity index (χ0v) is 13.7. The number of rotatable bonds is 8. The number of carbonyl (C=O) groups excluding carboxylic acids is 2. The van der Waals surface area contributed by atoms with Crippen molar-refractivity contribution < 1.29 is 19.1 Å². The molecular weight excluding hydrogens is 308 g/mol. The van der Waals surface area contributed by atoms with Crippen molar-refractivity contribution >= 4 is 18.0 Å². The van der Waals surface area contributed by atoms with Crippen molar-refractivity contribution in [1.82, 2.24) is 5.32 Å². The average Bonchev–Trinajstić information content (AvgIpc) is 2.58. The van der Waals surface area contributed by atoms with Gasteiger partial charge in [-0.2, -0.15) is 5.26 Å². The molecule has 1 atom stereocenters. The lowest BCUT2D eigenvalue weighted by Gasteiger charge is -2.12. The second-order valence-corrected chi connectivity index (χ2v) is 4.75. The van der Waals surface area contributed by atoms with Crippen molar-refractivity contribution in [2.75, 3.05) is 13.2 Å². The van der Waals surface area contributed by atoms with Gasteiger partial charge in [-0.15, -0.1) is 6.58 Å². The number of hydrogen-bond acceptors (Lipinski definition) is 5. The first kappa shape index (κ1) is 19.0. The summed E-state index contributed by atoms with van der Waals surface area (Å²) in [6.45, 7) is 7.61. The second kappa shape index (κ2) is 9.85. The van der Waals surface area contributed by atoms with E-state index < -0.39 is 18.0 Å². The van der Waals surface area contributed by atoms with Crippen LogP contribution in [-0.4, -0.2) is 31.1 Å². The maximum Gasteiger partial charge on any atom is 0.349 e. The molecule has 1 aromatic carbocycles. The van der Waals surface area contributed by atoms with E-state index in [1.165, 1.54) is 19.1 Å². The summed E-state index contributed by atoms with van der Waals surface area (Å²) >= 11 is 0. The van der Waals surface area contributed by atoms with Gasteiger partial charge >= 0.3 is 5.97 Å². The Hall–Kier alpha value is -3.07. The normalized spacial score (nSPS) is 11.8. The lowest BCUT2D eigenvalue weighted by Crippen LogP contribution is -2.36. The quantitative estimate of drug-likeness (QED) is 0.342. The Labute approximate surface area is 141 Å². The molecular formula is C18H20N2O4. The summed E-state index contributed by atoms with van der Waals surface area (Å²) < 4.78 is 10.3. The van der Waals surface area contributed by atoms with E-state index in [4.69, 9.17) is 14.7 Å². The molecule has 0 aliphatic carbocycles. The molecule has 0 aromatic heterocycles. The van der Waals surface area contributed by atoms with Crippen LogP contribution in [0.5, 0.6) is 5.75 Å². The maximum absolute atomic E-state index is 12.0. The van der Waals surface area contributed by atoms with E-state index >= 15 is 0 Å². The summed E-state index contributed by atoms with van der Waals surface area (Å²) in [7, 11) is 0. The first-order valence-electron chi connectivity index (χ1n) is 7.46. The van der Waals surface area contributed by atoms with Crippen LogP contribution in [0.15, 0.2) is 42.5 Å². The smallest absolute Gasteiger partial charge is 0.349 e. The molecule has 0 aliphatic rings. The number of amides is 1.